The van der Waals surface area contributed by atoms with Crippen molar-refractivity contribution in [2.75, 3.05) is 24.6 Å². The van der Waals surface area contributed by atoms with Crippen LogP contribution in [0.1, 0.15) is 56.7 Å². The number of rotatable bonds is 5. The second kappa shape index (κ2) is 7.82. The number of carbonyl (C=O) groups excluding carboxylic acids is 1. The molecule has 0 unspecified atom stereocenters. The molecule has 3 heterocycles. The lowest BCUT2D eigenvalue weighted by Crippen LogP contribution is -2.43. The van der Waals surface area contributed by atoms with E-state index in [2.05, 4.69) is 20.0 Å². The summed E-state index contributed by atoms with van der Waals surface area (Å²) in [6.45, 7) is 6.36. The van der Waals surface area contributed by atoms with Crippen LogP contribution in [0.3, 0.4) is 0 Å². The summed E-state index contributed by atoms with van der Waals surface area (Å²) < 4.78 is 6.98. The highest BCUT2D eigenvalue weighted by Crippen LogP contribution is 2.38. The summed E-state index contributed by atoms with van der Waals surface area (Å²) in [6, 6.07) is 0. The molecule has 27 heavy (non-hydrogen) atoms. The normalized spacial score (nSPS) is 22.7. The molecule has 2 aromatic rings. The quantitative estimate of drug-likeness (QED) is 0.753. The van der Waals surface area contributed by atoms with Gasteiger partial charge in [-0.05, 0) is 44.9 Å². The highest BCUT2D eigenvalue weighted by atomic mass is 16.5. The van der Waals surface area contributed by atoms with Gasteiger partial charge in [0.2, 0.25) is 0 Å². The van der Waals surface area contributed by atoms with Crippen molar-refractivity contribution in [2.24, 2.45) is 11.8 Å². The number of ether oxygens (including phenoxy) is 1. The van der Waals surface area contributed by atoms with Gasteiger partial charge in [-0.3, -0.25) is 4.79 Å². The Kier molecular flexibility index (Phi) is 5.27. The minimum Gasteiger partial charge on any atom is -0.466 e. The smallest absolute Gasteiger partial charge is 0.306 e. The summed E-state index contributed by atoms with van der Waals surface area (Å²) >= 11 is 0. The van der Waals surface area contributed by atoms with Gasteiger partial charge in [0.25, 0.3) is 5.78 Å². The van der Waals surface area contributed by atoms with Crippen LogP contribution in [0.15, 0.2) is 6.33 Å². The molecule has 7 nitrogen and oxygen atoms in total. The number of aromatic nitrogens is 4. The van der Waals surface area contributed by atoms with Gasteiger partial charge in [0.05, 0.1) is 6.61 Å². The van der Waals surface area contributed by atoms with Crippen LogP contribution in [0.4, 0.5) is 5.82 Å². The molecule has 2 aromatic heterocycles. The van der Waals surface area contributed by atoms with Crippen molar-refractivity contribution >= 4 is 17.6 Å². The molecule has 1 saturated carbocycles. The average molecular weight is 371 g/mol. The minimum atomic E-state index is -0.160. The predicted octanol–water partition coefficient (Wildman–Crippen LogP) is 2.94. The maximum atomic E-state index is 11.9. The van der Waals surface area contributed by atoms with E-state index in [-0.39, 0.29) is 5.97 Å². The van der Waals surface area contributed by atoms with E-state index in [1.54, 1.807) is 6.33 Å². The summed E-state index contributed by atoms with van der Waals surface area (Å²) in [5.41, 5.74) is 2.02. The molecule has 0 spiro atoms. The van der Waals surface area contributed by atoms with Gasteiger partial charge in [-0.15, -0.1) is 0 Å². The Morgan fingerprint density at radius 1 is 1.26 bits per heavy atom. The minimum absolute atomic E-state index is 0.160. The van der Waals surface area contributed by atoms with Gasteiger partial charge < -0.3 is 9.64 Å². The SMILES string of the molecule is CCOC(=O)CCc1c(C)nc2ncnn2c1N1CC[C@H]2CCCC[C@@H]2C1. The number of hydrogen-bond acceptors (Lipinski definition) is 6. The number of fused-ring (bicyclic) bond motifs is 2. The van der Waals surface area contributed by atoms with Crippen molar-refractivity contribution in [1.82, 2.24) is 19.6 Å². The molecule has 0 amide bonds. The van der Waals surface area contributed by atoms with E-state index >= 15 is 0 Å². The van der Waals surface area contributed by atoms with Gasteiger partial charge in [0, 0.05) is 30.8 Å². The monoisotopic (exact) mass is 371 g/mol. The Bertz CT molecular complexity index is 818. The molecule has 0 aromatic carbocycles. The molecule has 7 heteroatoms. The number of nitrogens with zero attached hydrogens (tertiary/aromatic N) is 5. The molecule has 2 fully saturated rings. The van der Waals surface area contributed by atoms with Crippen molar-refractivity contribution in [3.05, 3.63) is 17.6 Å². The van der Waals surface area contributed by atoms with E-state index in [1.807, 2.05) is 18.4 Å². The third-order valence-corrected chi connectivity index (χ3v) is 6.18. The van der Waals surface area contributed by atoms with Crippen LogP contribution in [0.25, 0.3) is 5.78 Å². The molecule has 146 valence electrons. The van der Waals surface area contributed by atoms with Crippen molar-refractivity contribution in [3.8, 4) is 0 Å². The van der Waals surface area contributed by atoms with Crippen LogP contribution < -0.4 is 4.90 Å². The Hall–Kier alpha value is -2.18. The molecular weight excluding hydrogens is 342 g/mol. The number of anilines is 1. The van der Waals surface area contributed by atoms with E-state index in [1.165, 1.54) is 32.1 Å². The van der Waals surface area contributed by atoms with Gasteiger partial charge in [0.15, 0.2) is 0 Å². The number of piperidine rings is 1. The van der Waals surface area contributed by atoms with E-state index in [0.29, 0.717) is 25.2 Å². The fraction of sp³-hybridized carbons (Fsp3) is 0.700. The molecular formula is C20H29N5O2. The molecule has 2 aliphatic rings. The first-order chi connectivity index (χ1) is 13.2. The van der Waals surface area contributed by atoms with Crippen LogP contribution in [0.2, 0.25) is 0 Å². The standard InChI is InChI=1S/C20H29N5O2/c1-3-27-18(26)9-8-17-14(2)23-20-21-13-22-25(20)19(17)24-11-10-15-6-4-5-7-16(15)12-24/h13,15-16H,3-12H2,1-2H3/t15-,16-/m1/s1. The predicted molar refractivity (Wildman–Crippen MR) is 103 cm³/mol. The first-order valence-corrected chi connectivity index (χ1v) is 10.3. The molecule has 0 bridgehead atoms. The number of esters is 1. The van der Waals surface area contributed by atoms with Gasteiger partial charge >= 0.3 is 5.97 Å². The maximum absolute atomic E-state index is 11.9. The zero-order valence-electron chi connectivity index (χ0n) is 16.4. The second-order valence-electron chi connectivity index (χ2n) is 7.82. The Balaban J connectivity index is 1.66. The first-order valence-electron chi connectivity index (χ1n) is 10.3. The van der Waals surface area contributed by atoms with Crippen molar-refractivity contribution < 1.29 is 9.53 Å². The van der Waals surface area contributed by atoms with E-state index in [4.69, 9.17) is 4.74 Å². The summed E-state index contributed by atoms with van der Waals surface area (Å²) in [5, 5.41) is 4.45. The Morgan fingerprint density at radius 2 is 2.07 bits per heavy atom. The fourth-order valence-corrected chi connectivity index (χ4v) is 4.84. The summed E-state index contributed by atoms with van der Waals surface area (Å²) in [5.74, 6) is 3.17. The molecule has 1 aliphatic carbocycles. The van der Waals surface area contributed by atoms with Gasteiger partial charge in [-0.2, -0.15) is 14.6 Å². The van der Waals surface area contributed by atoms with Gasteiger partial charge in [0.1, 0.15) is 12.1 Å². The molecule has 1 aliphatic heterocycles. The van der Waals surface area contributed by atoms with Crippen LogP contribution >= 0.6 is 0 Å². The topological polar surface area (TPSA) is 72.6 Å². The largest absolute Gasteiger partial charge is 0.466 e. The van der Waals surface area contributed by atoms with E-state index in [0.717, 1.165) is 42.0 Å². The Labute approximate surface area is 160 Å². The third kappa shape index (κ3) is 3.64. The lowest BCUT2D eigenvalue weighted by atomic mass is 9.75. The molecule has 4 rings (SSSR count). The molecule has 0 N–H and O–H groups in total. The van der Waals surface area contributed by atoms with Crippen molar-refractivity contribution in [2.45, 2.75) is 58.8 Å². The highest BCUT2D eigenvalue weighted by Gasteiger charge is 2.33. The average Bonchev–Trinajstić information content (AvgIpc) is 3.13. The molecule has 1 saturated heterocycles. The number of hydrogen-bond donors (Lipinski definition) is 0. The van der Waals surface area contributed by atoms with E-state index < -0.39 is 0 Å². The molecule has 2 atom stereocenters. The molecule has 0 radical (unpaired) electrons. The van der Waals surface area contributed by atoms with Crippen LogP contribution in [0, 0.1) is 18.8 Å². The van der Waals surface area contributed by atoms with Crippen LogP contribution in [-0.2, 0) is 16.0 Å². The van der Waals surface area contributed by atoms with Gasteiger partial charge in [-0.25, -0.2) is 4.98 Å². The number of aryl methyl sites for hydroxylation is 1. The zero-order valence-corrected chi connectivity index (χ0v) is 16.4. The van der Waals surface area contributed by atoms with Crippen molar-refractivity contribution in [3.63, 3.8) is 0 Å². The summed E-state index contributed by atoms with van der Waals surface area (Å²) in [6.07, 6.45) is 9.21. The fourth-order valence-electron chi connectivity index (χ4n) is 4.84. The van der Waals surface area contributed by atoms with Crippen LogP contribution in [0.5, 0.6) is 0 Å². The van der Waals surface area contributed by atoms with E-state index in [9.17, 15) is 4.79 Å². The third-order valence-electron chi connectivity index (χ3n) is 6.18. The van der Waals surface area contributed by atoms with Gasteiger partial charge in [-0.1, -0.05) is 19.3 Å². The zero-order chi connectivity index (χ0) is 18.8. The summed E-state index contributed by atoms with van der Waals surface area (Å²) in [7, 11) is 0. The maximum Gasteiger partial charge on any atom is 0.306 e. The number of carbonyl (C=O) groups is 1. The lowest BCUT2D eigenvalue weighted by Gasteiger charge is -2.42. The first kappa shape index (κ1) is 18.2. The summed E-state index contributed by atoms with van der Waals surface area (Å²) in [4.78, 5) is 23.3. The second-order valence-corrected chi connectivity index (χ2v) is 7.82. The Morgan fingerprint density at radius 3 is 2.89 bits per heavy atom. The lowest BCUT2D eigenvalue weighted by molar-refractivity contribution is -0.143. The van der Waals surface area contributed by atoms with Crippen molar-refractivity contribution in [1.29, 1.82) is 0 Å². The van der Waals surface area contributed by atoms with Crippen LogP contribution in [-0.4, -0.2) is 45.2 Å². The highest BCUT2D eigenvalue weighted by molar-refractivity contribution is 5.70.